The van der Waals surface area contributed by atoms with Crippen LogP contribution in [-0.2, 0) is 4.79 Å². The Labute approximate surface area is 93.2 Å². The number of carbonyl (C=O) groups is 1. The molecule has 0 radical (unpaired) electrons. The number of nitrogens with one attached hydrogen (secondary N) is 1. The van der Waals surface area contributed by atoms with Gasteiger partial charge in [-0.2, -0.15) is 0 Å². The number of hydrogen-bond acceptors (Lipinski definition) is 2. The van der Waals surface area contributed by atoms with E-state index in [9.17, 15) is 4.79 Å². The minimum absolute atomic E-state index is 0.0668. The molecule has 0 aliphatic carbocycles. The van der Waals surface area contributed by atoms with Crippen molar-refractivity contribution < 1.29 is 4.79 Å². The van der Waals surface area contributed by atoms with E-state index in [4.69, 9.17) is 0 Å². The van der Waals surface area contributed by atoms with Crippen molar-refractivity contribution in [2.75, 3.05) is 13.1 Å². The number of nitrogens with zero attached hydrogens (tertiary/aromatic N) is 1. The van der Waals surface area contributed by atoms with Crippen LogP contribution in [0.15, 0.2) is 0 Å². The monoisotopic (exact) mass is 212 g/mol. The van der Waals surface area contributed by atoms with Gasteiger partial charge in [-0.15, -0.1) is 0 Å². The van der Waals surface area contributed by atoms with Crippen molar-refractivity contribution in [3.63, 3.8) is 0 Å². The number of amides is 1. The van der Waals surface area contributed by atoms with E-state index in [1.165, 1.54) is 0 Å². The fraction of sp³-hybridized carbons (Fsp3) is 0.917. The van der Waals surface area contributed by atoms with E-state index in [0.29, 0.717) is 17.9 Å². The first kappa shape index (κ1) is 12.5. The Morgan fingerprint density at radius 2 is 2.07 bits per heavy atom. The van der Waals surface area contributed by atoms with Gasteiger partial charge in [-0.05, 0) is 18.8 Å². The van der Waals surface area contributed by atoms with Gasteiger partial charge in [-0.1, -0.05) is 27.7 Å². The predicted octanol–water partition coefficient (Wildman–Crippen LogP) is 1.63. The van der Waals surface area contributed by atoms with E-state index in [0.717, 1.165) is 25.9 Å². The Morgan fingerprint density at radius 1 is 1.40 bits per heavy atom. The summed E-state index contributed by atoms with van der Waals surface area (Å²) >= 11 is 0. The van der Waals surface area contributed by atoms with Crippen molar-refractivity contribution in [3.8, 4) is 0 Å². The average Bonchev–Trinajstić information content (AvgIpc) is 2.44. The smallest absolute Gasteiger partial charge is 0.239 e. The molecule has 3 heteroatoms. The minimum atomic E-state index is 0.0668. The fourth-order valence-corrected chi connectivity index (χ4v) is 1.93. The zero-order chi connectivity index (χ0) is 11.4. The van der Waals surface area contributed by atoms with Gasteiger partial charge in [0.1, 0.15) is 0 Å². The molecule has 0 saturated carbocycles. The highest BCUT2D eigenvalue weighted by atomic mass is 16.2. The molecule has 88 valence electrons. The van der Waals surface area contributed by atoms with Crippen molar-refractivity contribution >= 4 is 5.91 Å². The Balaban J connectivity index is 2.35. The van der Waals surface area contributed by atoms with Gasteiger partial charge in [-0.25, -0.2) is 0 Å². The van der Waals surface area contributed by atoms with E-state index in [1.54, 1.807) is 0 Å². The lowest BCUT2D eigenvalue weighted by Gasteiger charge is -2.19. The highest BCUT2D eigenvalue weighted by molar-refractivity contribution is 5.83. The summed E-state index contributed by atoms with van der Waals surface area (Å²) in [7, 11) is 0. The standard InChI is InChI=1S/C12H24N2O/c1-9(2)5-7-14-8-6-11(12(14)15)13-10(3)4/h9-11,13H,5-8H2,1-4H3. The molecular weight excluding hydrogens is 188 g/mol. The molecule has 1 N–H and O–H groups in total. The van der Waals surface area contributed by atoms with Crippen LogP contribution < -0.4 is 5.32 Å². The second-order valence-corrected chi connectivity index (χ2v) is 5.17. The van der Waals surface area contributed by atoms with Crippen molar-refractivity contribution in [2.45, 2.75) is 52.6 Å². The molecule has 1 aliphatic heterocycles. The molecule has 1 fully saturated rings. The van der Waals surface area contributed by atoms with Crippen molar-refractivity contribution in [2.24, 2.45) is 5.92 Å². The van der Waals surface area contributed by atoms with Crippen LogP contribution in [0, 0.1) is 5.92 Å². The van der Waals surface area contributed by atoms with Crippen molar-refractivity contribution in [1.82, 2.24) is 10.2 Å². The third-order valence-electron chi connectivity index (χ3n) is 2.81. The summed E-state index contributed by atoms with van der Waals surface area (Å²) in [4.78, 5) is 13.9. The van der Waals surface area contributed by atoms with Crippen LogP contribution in [0.4, 0.5) is 0 Å². The van der Waals surface area contributed by atoms with Crippen LogP contribution in [0.25, 0.3) is 0 Å². The molecule has 1 heterocycles. The van der Waals surface area contributed by atoms with Gasteiger partial charge in [0.15, 0.2) is 0 Å². The van der Waals surface area contributed by atoms with Gasteiger partial charge in [0.2, 0.25) is 5.91 Å². The molecule has 3 nitrogen and oxygen atoms in total. The van der Waals surface area contributed by atoms with Crippen LogP contribution in [-0.4, -0.2) is 36.0 Å². The number of likely N-dealkylation sites (tertiary alicyclic amines) is 1. The van der Waals surface area contributed by atoms with E-state index in [2.05, 4.69) is 33.0 Å². The fourth-order valence-electron chi connectivity index (χ4n) is 1.93. The van der Waals surface area contributed by atoms with E-state index < -0.39 is 0 Å². The number of rotatable bonds is 5. The Hall–Kier alpha value is -0.570. The maximum absolute atomic E-state index is 11.9. The molecule has 0 aromatic heterocycles. The molecule has 1 amide bonds. The third kappa shape index (κ3) is 3.82. The molecule has 1 saturated heterocycles. The van der Waals surface area contributed by atoms with Crippen LogP contribution in [0.1, 0.15) is 40.5 Å². The predicted molar refractivity (Wildman–Crippen MR) is 62.7 cm³/mol. The SMILES string of the molecule is CC(C)CCN1CCC(NC(C)C)C1=O. The van der Waals surface area contributed by atoms with Crippen LogP contribution >= 0.6 is 0 Å². The molecule has 0 bridgehead atoms. The first-order chi connectivity index (χ1) is 7.00. The Kier molecular flexibility index (Phi) is 4.58. The summed E-state index contributed by atoms with van der Waals surface area (Å²) in [5.41, 5.74) is 0. The Bertz CT molecular complexity index is 214. The zero-order valence-electron chi connectivity index (χ0n) is 10.4. The molecule has 1 atom stereocenters. The summed E-state index contributed by atoms with van der Waals surface area (Å²) in [6, 6.07) is 0.459. The molecule has 0 aromatic rings. The normalized spacial score (nSPS) is 22.1. The average molecular weight is 212 g/mol. The highest BCUT2D eigenvalue weighted by Crippen LogP contribution is 2.13. The second kappa shape index (κ2) is 5.50. The molecule has 0 aromatic carbocycles. The van der Waals surface area contributed by atoms with E-state index >= 15 is 0 Å². The van der Waals surface area contributed by atoms with Crippen molar-refractivity contribution in [3.05, 3.63) is 0 Å². The summed E-state index contributed by atoms with van der Waals surface area (Å²) in [5, 5.41) is 3.32. The summed E-state index contributed by atoms with van der Waals surface area (Å²) < 4.78 is 0. The first-order valence-electron chi connectivity index (χ1n) is 6.05. The topological polar surface area (TPSA) is 32.3 Å². The van der Waals surface area contributed by atoms with E-state index in [-0.39, 0.29) is 6.04 Å². The number of hydrogen-bond donors (Lipinski definition) is 1. The first-order valence-corrected chi connectivity index (χ1v) is 6.05. The zero-order valence-corrected chi connectivity index (χ0v) is 10.4. The van der Waals surface area contributed by atoms with E-state index in [1.807, 2.05) is 4.90 Å². The van der Waals surface area contributed by atoms with Gasteiger partial charge < -0.3 is 10.2 Å². The van der Waals surface area contributed by atoms with Crippen LogP contribution in [0.5, 0.6) is 0 Å². The second-order valence-electron chi connectivity index (χ2n) is 5.17. The Morgan fingerprint density at radius 3 is 2.60 bits per heavy atom. The maximum Gasteiger partial charge on any atom is 0.239 e. The van der Waals surface area contributed by atoms with Gasteiger partial charge in [0.25, 0.3) is 0 Å². The summed E-state index contributed by atoms with van der Waals surface area (Å²) in [5.74, 6) is 0.972. The number of carbonyl (C=O) groups excluding carboxylic acids is 1. The van der Waals surface area contributed by atoms with Gasteiger partial charge in [0.05, 0.1) is 6.04 Å². The van der Waals surface area contributed by atoms with Crippen LogP contribution in [0.3, 0.4) is 0 Å². The maximum atomic E-state index is 11.9. The van der Waals surface area contributed by atoms with Gasteiger partial charge >= 0.3 is 0 Å². The van der Waals surface area contributed by atoms with Gasteiger partial charge in [0, 0.05) is 19.1 Å². The third-order valence-corrected chi connectivity index (χ3v) is 2.81. The molecule has 1 aliphatic rings. The molecule has 0 spiro atoms. The largest absolute Gasteiger partial charge is 0.341 e. The van der Waals surface area contributed by atoms with Crippen LogP contribution in [0.2, 0.25) is 0 Å². The molecule has 1 rings (SSSR count). The lowest BCUT2D eigenvalue weighted by atomic mass is 10.1. The van der Waals surface area contributed by atoms with Gasteiger partial charge in [-0.3, -0.25) is 4.79 Å². The lowest BCUT2D eigenvalue weighted by Crippen LogP contribution is -2.41. The highest BCUT2D eigenvalue weighted by Gasteiger charge is 2.31. The lowest BCUT2D eigenvalue weighted by molar-refractivity contribution is -0.129. The summed E-state index contributed by atoms with van der Waals surface area (Å²) in [6.07, 6.45) is 2.08. The molecular formula is C12H24N2O. The molecule has 15 heavy (non-hydrogen) atoms. The minimum Gasteiger partial charge on any atom is -0.341 e. The summed E-state index contributed by atoms with van der Waals surface area (Å²) in [6.45, 7) is 10.4. The van der Waals surface area contributed by atoms with Crippen molar-refractivity contribution in [1.29, 1.82) is 0 Å². The molecule has 1 unspecified atom stereocenters. The quantitative estimate of drug-likeness (QED) is 0.751.